The number of nitrogens with zero attached hydrogens (tertiary/aromatic N) is 1. The van der Waals surface area contributed by atoms with Crippen LogP contribution in [-0.4, -0.2) is 29.0 Å². The van der Waals surface area contributed by atoms with Gasteiger partial charge in [0.25, 0.3) is 11.8 Å². The van der Waals surface area contributed by atoms with E-state index in [0.717, 1.165) is 17.0 Å². The Kier molecular flexibility index (Phi) is 6.21. The van der Waals surface area contributed by atoms with E-state index in [-0.39, 0.29) is 11.8 Å². The Bertz CT molecular complexity index is 1020. The minimum Gasteiger partial charge on any atom is -0.302 e. The predicted molar refractivity (Wildman–Crippen MR) is 123 cm³/mol. The van der Waals surface area contributed by atoms with Gasteiger partial charge in [-0.2, -0.15) is 0 Å². The van der Waals surface area contributed by atoms with Crippen LogP contribution in [0.25, 0.3) is 0 Å². The van der Waals surface area contributed by atoms with Gasteiger partial charge >= 0.3 is 0 Å². The molecule has 1 heterocycles. The lowest BCUT2D eigenvalue weighted by molar-refractivity contribution is 0.0652. The third kappa shape index (κ3) is 4.00. The van der Waals surface area contributed by atoms with Crippen LogP contribution >= 0.6 is 17.7 Å². The number of fused-ring (bicyclic) bond motifs is 1. The quantitative estimate of drug-likeness (QED) is 0.292. The molecule has 0 aliphatic carbocycles. The summed E-state index contributed by atoms with van der Waals surface area (Å²) in [6.45, 7) is 0.383. The van der Waals surface area contributed by atoms with Gasteiger partial charge in [0.2, 0.25) is 0 Å². The van der Waals surface area contributed by atoms with Gasteiger partial charge in [-0.1, -0.05) is 84.2 Å². The molecule has 6 heteroatoms. The van der Waals surface area contributed by atoms with Gasteiger partial charge in [0, 0.05) is 22.9 Å². The molecule has 0 radical (unpaired) electrons. The van der Waals surface area contributed by atoms with E-state index in [0.29, 0.717) is 29.8 Å². The summed E-state index contributed by atoms with van der Waals surface area (Å²) in [7, 11) is 0. The molecule has 30 heavy (non-hydrogen) atoms. The van der Waals surface area contributed by atoms with E-state index in [1.165, 1.54) is 16.3 Å². The van der Waals surface area contributed by atoms with Crippen LogP contribution in [0.15, 0.2) is 84.9 Å². The van der Waals surface area contributed by atoms with Crippen LogP contribution in [0.4, 0.5) is 0 Å². The Hall–Kier alpha value is -2.62. The fourth-order valence-corrected chi connectivity index (χ4v) is 8.65. The number of unbranched alkanes of at least 4 members (excludes halogenated alkanes) is 1. The molecule has 2 amide bonds. The molecule has 1 aliphatic rings. The number of imide groups is 1. The molecule has 0 N–H and O–H groups in total. The van der Waals surface area contributed by atoms with Crippen LogP contribution in [0.1, 0.15) is 33.6 Å². The Labute approximate surface area is 180 Å². The molecule has 0 atom stereocenters. The van der Waals surface area contributed by atoms with Gasteiger partial charge in [-0.15, -0.1) is 0 Å². The number of rotatable bonds is 8. The average molecular weight is 435 g/mol. The van der Waals surface area contributed by atoms with Crippen molar-refractivity contribution in [3.8, 4) is 0 Å². The number of hydrogen-bond donors (Lipinski definition) is 0. The van der Waals surface area contributed by atoms with Crippen molar-refractivity contribution in [3.05, 3.63) is 96.1 Å². The first kappa shape index (κ1) is 20.6. The van der Waals surface area contributed by atoms with Crippen LogP contribution in [-0.2, 0) is 4.57 Å². The van der Waals surface area contributed by atoms with Crippen molar-refractivity contribution in [2.75, 3.05) is 12.3 Å². The summed E-state index contributed by atoms with van der Waals surface area (Å²) in [4.78, 5) is 26.2. The fraction of sp³-hybridized carbons (Fsp3) is 0.167. The first-order valence-corrected chi connectivity index (χ1v) is 13.2. The lowest BCUT2D eigenvalue weighted by Crippen LogP contribution is -2.30. The molecule has 0 aromatic heterocycles. The third-order valence-electron chi connectivity index (χ3n) is 5.12. The highest BCUT2D eigenvalue weighted by atomic mass is 32.7. The summed E-state index contributed by atoms with van der Waals surface area (Å²) in [5, 5.41) is 1.67. The first-order chi connectivity index (χ1) is 14.6. The van der Waals surface area contributed by atoms with Crippen molar-refractivity contribution >= 4 is 40.1 Å². The van der Waals surface area contributed by atoms with Crippen molar-refractivity contribution < 1.29 is 14.2 Å². The molecule has 0 saturated carbocycles. The zero-order chi connectivity index (χ0) is 21.0. The van der Waals surface area contributed by atoms with E-state index in [1.807, 2.05) is 60.7 Å². The van der Waals surface area contributed by atoms with Gasteiger partial charge in [-0.05, 0) is 25.0 Å². The molecular weight excluding hydrogens is 413 g/mol. The molecule has 4 rings (SSSR count). The van der Waals surface area contributed by atoms with E-state index < -0.39 is 6.34 Å². The maximum absolute atomic E-state index is 13.9. The topological polar surface area (TPSA) is 54.5 Å². The predicted octanol–water partition coefficient (Wildman–Crippen LogP) is 4.73. The average Bonchev–Trinajstić information content (AvgIpc) is 3.05. The summed E-state index contributed by atoms with van der Waals surface area (Å²) in [5.41, 5.74) is 0.962. The van der Waals surface area contributed by atoms with E-state index in [2.05, 4.69) is 0 Å². The Morgan fingerprint density at radius 3 is 1.63 bits per heavy atom. The number of amides is 2. The summed E-state index contributed by atoms with van der Waals surface area (Å²) >= 11 is 1.47. The highest BCUT2D eigenvalue weighted by molar-refractivity contribution is 8.62. The highest BCUT2D eigenvalue weighted by Crippen LogP contribution is 2.56. The molecule has 0 saturated heterocycles. The molecule has 1 aliphatic heterocycles. The normalized spacial score (nSPS) is 13.5. The zero-order valence-corrected chi connectivity index (χ0v) is 18.1. The molecule has 4 nitrogen and oxygen atoms in total. The molecular formula is C24H22NO3PS. The molecule has 0 unspecified atom stereocenters. The number of carbonyl (C=O) groups excluding carboxylic acids is 2. The summed E-state index contributed by atoms with van der Waals surface area (Å²) < 4.78 is 13.9. The molecule has 152 valence electrons. The van der Waals surface area contributed by atoms with Gasteiger partial charge < -0.3 is 4.57 Å². The Morgan fingerprint density at radius 1 is 0.667 bits per heavy atom. The Morgan fingerprint density at radius 2 is 1.13 bits per heavy atom. The van der Waals surface area contributed by atoms with Crippen LogP contribution in [0.3, 0.4) is 0 Å². The third-order valence-corrected chi connectivity index (χ3v) is 10.8. The van der Waals surface area contributed by atoms with Gasteiger partial charge in [-0.25, -0.2) is 0 Å². The van der Waals surface area contributed by atoms with Gasteiger partial charge in [0.05, 0.1) is 11.1 Å². The number of hydrogen-bond acceptors (Lipinski definition) is 4. The lowest BCUT2D eigenvalue weighted by atomic mass is 10.1. The number of carbonyl (C=O) groups is 2. The summed E-state index contributed by atoms with van der Waals surface area (Å²) in [6, 6.07) is 26.1. The summed E-state index contributed by atoms with van der Waals surface area (Å²) in [6.07, 6.45) is -1.34. The summed E-state index contributed by atoms with van der Waals surface area (Å²) in [5.74, 6) is 0.245. The molecule has 0 fully saturated rings. The second kappa shape index (κ2) is 9.03. The van der Waals surface area contributed by atoms with Crippen molar-refractivity contribution in [2.45, 2.75) is 12.8 Å². The SMILES string of the molecule is O=C1c2ccccc2C(=O)N1CCCCSP(=O)(c1ccccc1)c1ccccc1. The zero-order valence-electron chi connectivity index (χ0n) is 16.4. The molecule has 3 aromatic rings. The van der Waals surface area contributed by atoms with Gasteiger partial charge in [0.15, 0.2) is 6.34 Å². The standard InChI is InChI=1S/C24H22NO3PS/c26-23-21-15-7-8-16-22(21)24(27)25(23)17-9-10-18-30-29(28,19-11-3-1-4-12-19)20-13-5-2-6-14-20/h1-8,11-16H,9-10,17-18H2. The second-order valence-electron chi connectivity index (χ2n) is 7.07. The van der Waals surface area contributed by atoms with Gasteiger partial charge in [0.1, 0.15) is 0 Å². The minimum atomic E-state index is -2.79. The van der Waals surface area contributed by atoms with Crippen LogP contribution in [0.5, 0.6) is 0 Å². The first-order valence-electron chi connectivity index (χ1n) is 9.92. The Balaban J connectivity index is 1.38. The van der Waals surface area contributed by atoms with E-state index >= 15 is 0 Å². The second-order valence-corrected chi connectivity index (χ2v) is 12.2. The maximum Gasteiger partial charge on any atom is 0.261 e. The van der Waals surface area contributed by atoms with Crippen molar-refractivity contribution in [1.82, 2.24) is 4.90 Å². The minimum absolute atomic E-state index is 0.220. The lowest BCUT2D eigenvalue weighted by Gasteiger charge is -2.19. The fourth-order valence-electron chi connectivity index (χ4n) is 3.55. The number of benzene rings is 3. The van der Waals surface area contributed by atoms with E-state index in [1.54, 1.807) is 24.3 Å². The van der Waals surface area contributed by atoms with Crippen LogP contribution in [0, 0.1) is 0 Å². The molecule has 0 bridgehead atoms. The molecule has 3 aromatic carbocycles. The van der Waals surface area contributed by atoms with Crippen LogP contribution < -0.4 is 10.6 Å². The van der Waals surface area contributed by atoms with Crippen molar-refractivity contribution in [3.63, 3.8) is 0 Å². The smallest absolute Gasteiger partial charge is 0.261 e. The molecule has 0 spiro atoms. The maximum atomic E-state index is 13.9. The van der Waals surface area contributed by atoms with Crippen molar-refractivity contribution in [2.24, 2.45) is 0 Å². The monoisotopic (exact) mass is 435 g/mol. The van der Waals surface area contributed by atoms with E-state index in [9.17, 15) is 14.2 Å². The van der Waals surface area contributed by atoms with Crippen LogP contribution in [0.2, 0.25) is 0 Å². The van der Waals surface area contributed by atoms with Gasteiger partial charge in [-0.3, -0.25) is 14.5 Å². The van der Waals surface area contributed by atoms with Crippen molar-refractivity contribution in [1.29, 1.82) is 0 Å². The highest BCUT2D eigenvalue weighted by Gasteiger charge is 2.34. The largest absolute Gasteiger partial charge is 0.302 e. The van der Waals surface area contributed by atoms with E-state index in [4.69, 9.17) is 0 Å².